The van der Waals surface area contributed by atoms with E-state index in [2.05, 4.69) is 5.10 Å². The monoisotopic (exact) mass is 366 g/mol. The van der Waals surface area contributed by atoms with E-state index in [4.69, 9.17) is 4.74 Å². The number of aryl methyl sites for hydroxylation is 1. The number of rotatable bonds is 5. The Bertz CT molecular complexity index is 900. The normalized spacial score (nSPS) is 15.1. The van der Waals surface area contributed by atoms with Crippen molar-refractivity contribution in [2.24, 2.45) is 5.10 Å². The Balaban J connectivity index is 1.94. The van der Waals surface area contributed by atoms with Crippen LogP contribution in [0.25, 0.3) is 0 Å². The quantitative estimate of drug-likeness (QED) is 0.587. The molecule has 5 nitrogen and oxygen atoms in total. The van der Waals surface area contributed by atoms with Crippen LogP contribution in [-0.4, -0.2) is 23.7 Å². The van der Waals surface area contributed by atoms with Crippen molar-refractivity contribution >= 4 is 34.1 Å². The number of hydrogen-bond acceptors (Lipinski definition) is 6. The van der Waals surface area contributed by atoms with Gasteiger partial charge in [-0.05, 0) is 43.0 Å². The van der Waals surface area contributed by atoms with Gasteiger partial charge in [-0.25, -0.2) is 5.01 Å². The van der Waals surface area contributed by atoms with E-state index in [1.165, 1.54) is 24.8 Å². The van der Waals surface area contributed by atoms with Gasteiger partial charge in [0, 0.05) is 18.6 Å². The predicted octanol–water partition coefficient (Wildman–Crippen LogP) is 4.18. The first-order chi connectivity index (χ1) is 12.5. The summed E-state index contributed by atoms with van der Waals surface area (Å²) in [6.45, 7) is 3.43. The molecule has 0 saturated heterocycles. The van der Waals surface area contributed by atoms with Gasteiger partial charge >= 0.3 is 0 Å². The molecule has 0 unspecified atom stereocenters. The zero-order valence-electron chi connectivity index (χ0n) is 14.7. The molecule has 0 aromatic heterocycles. The highest BCUT2D eigenvalue weighted by atomic mass is 32.2. The average molecular weight is 366 g/mol. The number of ketones is 2. The van der Waals surface area contributed by atoms with E-state index in [9.17, 15) is 9.59 Å². The van der Waals surface area contributed by atoms with E-state index in [1.807, 2.05) is 31.2 Å². The number of anilines is 1. The summed E-state index contributed by atoms with van der Waals surface area (Å²) >= 11 is 1.19. The number of methoxy groups -OCH3 is 1. The highest BCUT2D eigenvalue weighted by Gasteiger charge is 2.26. The lowest BCUT2D eigenvalue weighted by Crippen LogP contribution is -2.11. The number of allylic oxidation sites excluding steroid dienone is 1. The van der Waals surface area contributed by atoms with Gasteiger partial charge in [0.2, 0.25) is 0 Å². The third kappa shape index (κ3) is 3.86. The lowest BCUT2D eigenvalue weighted by molar-refractivity contribution is -0.110. The van der Waals surface area contributed by atoms with Gasteiger partial charge in [-0.15, -0.1) is 0 Å². The minimum Gasteiger partial charge on any atom is -0.497 e. The zero-order chi connectivity index (χ0) is 18.7. The van der Waals surface area contributed by atoms with Crippen LogP contribution in [0.5, 0.6) is 5.75 Å². The van der Waals surface area contributed by atoms with E-state index < -0.39 is 0 Å². The number of hydrazone groups is 1. The fraction of sp³-hybridized carbons (Fsp3) is 0.150. The molecular weight excluding hydrogens is 348 g/mol. The third-order valence-electron chi connectivity index (χ3n) is 3.81. The molecule has 6 heteroatoms. The molecule has 26 heavy (non-hydrogen) atoms. The minimum absolute atomic E-state index is 0.133. The second-order valence-electron chi connectivity index (χ2n) is 5.79. The molecule has 0 saturated carbocycles. The number of benzene rings is 2. The van der Waals surface area contributed by atoms with Crippen LogP contribution in [-0.2, 0) is 4.79 Å². The van der Waals surface area contributed by atoms with Gasteiger partial charge in [0.05, 0.1) is 12.8 Å². The maximum absolute atomic E-state index is 12.6. The van der Waals surface area contributed by atoms with E-state index in [-0.39, 0.29) is 11.6 Å². The maximum atomic E-state index is 12.6. The van der Waals surface area contributed by atoms with Gasteiger partial charge in [-0.3, -0.25) is 9.59 Å². The average Bonchev–Trinajstić information content (AvgIpc) is 3.06. The van der Waals surface area contributed by atoms with Crippen molar-refractivity contribution in [1.29, 1.82) is 0 Å². The molecule has 3 rings (SSSR count). The number of hydrogen-bond donors (Lipinski definition) is 0. The summed E-state index contributed by atoms with van der Waals surface area (Å²) in [7, 11) is 1.60. The lowest BCUT2D eigenvalue weighted by Gasteiger charge is -2.15. The second kappa shape index (κ2) is 7.58. The molecule has 2 aromatic carbocycles. The van der Waals surface area contributed by atoms with E-state index in [0.29, 0.717) is 15.6 Å². The lowest BCUT2D eigenvalue weighted by atomic mass is 10.1. The molecule has 1 heterocycles. The summed E-state index contributed by atoms with van der Waals surface area (Å²) in [5.41, 5.74) is 2.43. The van der Waals surface area contributed by atoms with E-state index in [0.717, 1.165) is 17.0 Å². The molecular formula is C20H18N2O3S. The summed E-state index contributed by atoms with van der Waals surface area (Å²) in [6, 6.07) is 14.6. The molecule has 0 N–H and O–H groups in total. The Kier molecular flexibility index (Phi) is 5.23. The molecule has 132 valence electrons. The van der Waals surface area contributed by atoms with Crippen LogP contribution in [0.1, 0.15) is 22.8 Å². The second-order valence-corrected chi connectivity index (χ2v) is 6.80. The highest BCUT2D eigenvalue weighted by molar-refractivity contribution is 8.19. The molecule has 0 bridgehead atoms. The Morgan fingerprint density at radius 2 is 1.73 bits per heavy atom. The molecule has 1 aliphatic rings. The molecule has 0 fully saturated rings. The van der Waals surface area contributed by atoms with Crippen molar-refractivity contribution in [3.63, 3.8) is 0 Å². The van der Waals surface area contributed by atoms with Gasteiger partial charge in [0.15, 0.2) is 16.6 Å². The topological polar surface area (TPSA) is 59.0 Å². The smallest absolute Gasteiger partial charge is 0.188 e. The number of nitrogens with zero attached hydrogens (tertiary/aromatic N) is 2. The molecule has 0 aliphatic carbocycles. The van der Waals surface area contributed by atoms with Crippen molar-refractivity contribution < 1.29 is 14.3 Å². The number of thioether (sulfide) groups is 1. The van der Waals surface area contributed by atoms with Crippen LogP contribution >= 0.6 is 11.8 Å². The van der Waals surface area contributed by atoms with Crippen LogP contribution < -0.4 is 9.75 Å². The molecule has 0 spiro atoms. The Morgan fingerprint density at radius 1 is 1.08 bits per heavy atom. The minimum atomic E-state index is -0.139. The number of ether oxygens (including phenoxy) is 1. The first-order valence-electron chi connectivity index (χ1n) is 8.02. The summed E-state index contributed by atoms with van der Waals surface area (Å²) in [6.07, 6.45) is 1.51. The van der Waals surface area contributed by atoms with Gasteiger partial charge in [-0.2, -0.15) is 5.10 Å². The molecule has 2 aromatic rings. The molecule has 0 atom stereocenters. The van der Waals surface area contributed by atoms with E-state index in [1.54, 1.807) is 36.4 Å². The summed E-state index contributed by atoms with van der Waals surface area (Å²) < 4.78 is 5.17. The van der Waals surface area contributed by atoms with E-state index >= 15 is 0 Å². The van der Waals surface area contributed by atoms with Crippen LogP contribution in [0.2, 0.25) is 0 Å². The fourth-order valence-electron chi connectivity index (χ4n) is 2.36. The van der Waals surface area contributed by atoms with Crippen molar-refractivity contribution in [3.05, 3.63) is 70.8 Å². The standard InChI is InChI=1S/C20H18N2O3S/c1-13-4-6-15(7-5-13)18(24)12-19-22(21-20(26-19)14(2)23)16-8-10-17(25-3)11-9-16/h4-12H,1-3H3/b19-12-. The Labute approximate surface area is 156 Å². The molecule has 0 amide bonds. The van der Waals surface area contributed by atoms with Crippen LogP contribution in [0.15, 0.2) is 64.7 Å². The maximum Gasteiger partial charge on any atom is 0.188 e. The summed E-state index contributed by atoms with van der Waals surface area (Å²) in [5.74, 6) is 0.448. The Hall–Kier alpha value is -2.86. The van der Waals surface area contributed by atoms with Gasteiger partial charge in [-0.1, -0.05) is 29.8 Å². The third-order valence-corrected chi connectivity index (χ3v) is 4.87. The van der Waals surface area contributed by atoms with Gasteiger partial charge < -0.3 is 4.74 Å². The number of carbonyl (C=O) groups is 2. The molecule has 1 aliphatic heterocycles. The zero-order valence-corrected chi connectivity index (χ0v) is 15.5. The van der Waals surface area contributed by atoms with Crippen molar-refractivity contribution in [3.8, 4) is 5.75 Å². The van der Waals surface area contributed by atoms with Crippen LogP contribution in [0.4, 0.5) is 5.69 Å². The predicted molar refractivity (Wildman–Crippen MR) is 105 cm³/mol. The highest BCUT2D eigenvalue weighted by Crippen LogP contribution is 2.35. The van der Waals surface area contributed by atoms with Crippen LogP contribution in [0, 0.1) is 6.92 Å². The van der Waals surface area contributed by atoms with Crippen molar-refractivity contribution in [1.82, 2.24) is 0 Å². The Morgan fingerprint density at radius 3 is 2.31 bits per heavy atom. The number of carbonyl (C=O) groups excluding carboxylic acids is 2. The van der Waals surface area contributed by atoms with Gasteiger partial charge in [0.1, 0.15) is 10.8 Å². The first-order valence-corrected chi connectivity index (χ1v) is 8.84. The van der Waals surface area contributed by atoms with Gasteiger partial charge in [0.25, 0.3) is 0 Å². The first kappa shape index (κ1) is 17.9. The summed E-state index contributed by atoms with van der Waals surface area (Å²) in [5, 5.41) is 6.90. The molecule has 0 radical (unpaired) electrons. The largest absolute Gasteiger partial charge is 0.497 e. The van der Waals surface area contributed by atoms with Crippen LogP contribution in [0.3, 0.4) is 0 Å². The van der Waals surface area contributed by atoms with Crippen molar-refractivity contribution in [2.45, 2.75) is 13.8 Å². The summed E-state index contributed by atoms with van der Waals surface area (Å²) in [4.78, 5) is 24.3. The SMILES string of the molecule is COc1ccc(N2N=C(C(C)=O)S/C2=C\C(=O)c2ccc(C)cc2)cc1. The fourth-order valence-corrected chi connectivity index (χ4v) is 3.22. The van der Waals surface area contributed by atoms with Crippen molar-refractivity contribution in [2.75, 3.05) is 12.1 Å². The number of Topliss-reactive ketones (excluding diaryl/α,β-unsaturated/α-hetero) is 1.